The van der Waals surface area contributed by atoms with Crippen molar-refractivity contribution in [3.63, 3.8) is 0 Å². The Bertz CT molecular complexity index is 1140. The summed E-state index contributed by atoms with van der Waals surface area (Å²) in [5, 5.41) is 8.78. The molecule has 7 nitrogen and oxygen atoms in total. The quantitative estimate of drug-likeness (QED) is 0.397. The van der Waals surface area contributed by atoms with Gasteiger partial charge in [0.2, 0.25) is 0 Å². The molecule has 0 aliphatic rings. The minimum atomic E-state index is -0.794. The maximum absolute atomic E-state index is 13.2. The van der Waals surface area contributed by atoms with Crippen molar-refractivity contribution >= 4 is 23.3 Å². The zero-order valence-corrected chi connectivity index (χ0v) is 18.0. The minimum Gasteiger partial charge on any atom is -0.489 e. The van der Waals surface area contributed by atoms with Crippen molar-refractivity contribution in [1.29, 1.82) is 0 Å². The first-order chi connectivity index (χ1) is 14.8. The van der Waals surface area contributed by atoms with E-state index in [1.54, 1.807) is 24.3 Å². The maximum atomic E-state index is 13.2. The predicted octanol–water partition coefficient (Wildman–Crippen LogP) is 5.62. The Morgan fingerprint density at radius 1 is 1.19 bits per heavy atom. The third kappa shape index (κ3) is 5.16. The topological polar surface area (TPSA) is 93.2 Å². The van der Waals surface area contributed by atoms with Crippen LogP contribution in [0, 0.1) is 19.7 Å². The van der Waals surface area contributed by atoms with Gasteiger partial charge in [-0.25, -0.2) is 9.18 Å². The number of urea groups is 1. The van der Waals surface area contributed by atoms with Crippen LogP contribution in [0.1, 0.15) is 16.7 Å². The van der Waals surface area contributed by atoms with E-state index in [2.05, 4.69) is 15.3 Å². The molecule has 0 saturated carbocycles. The molecule has 31 heavy (non-hydrogen) atoms. The normalized spacial score (nSPS) is 11.0. The number of nitrogens with two attached hydrogens (primary N) is 1. The molecule has 2 N–H and O–H groups in total. The van der Waals surface area contributed by atoms with E-state index < -0.39 is 6.03 Å². The first-order valence-electron chi connectivity index (χ1n) is 9.34. The van der Waals surface area contributed by atoms with Gasteiger partial charge in [-0.05, 0) is 61.4 Å². The van der Waals surface area contributed by atoms with E-state index in [0.29, 0.717) is 27.7 Å². The van der Waals surface area contributed by atoms with Crippen molar-refractivity contribution in [2.45, 2.75) is 20.5 Å². The highest BCUT2D eigenvalue weighted by molar-refractivity contribution is 6.31. The number of pyridine rings is 1. The number of carbonyl (C=O) groups excluding carboxylic acids is 1. The molecule has 0 saturated heterocycles. The van der Waals surface area contributed by atoms with Crippen molar-refractivity contribution < 1.29 is 13.9 Å². The van der Waals surface area contributed by atoms with Crippen molar-refractivity contribution in [2.75, 3.05) is 12.1 Å². The fraction of sp³-hybridized carbons (Fsp3) is 0.182. The highest BCUT2D eigenvalue weighted by atomic mass is 35.5. The molecule has 0 spiro atoms. The smallest absolute Gasteiger partial charge is 0.341 e. The summed E-state index contributed by atoms with van der Waals surface area (Å²) >= 11 is 6.09. The van der Waals surface area contributed by atoms with Gasteiger partial charge in [0, 0.05) is 16.1 Å². The van der Waals surface area contributed by atoms with Gasteiger partial charge >= 0.3 is 6.03 Å². The summed E-state index contributed by atoms with van der Waals surface area (Å²) in [6, 6.07) is 11.0. The Labute approximate surface area is 184 Å². The lowest BCUT2D eigenvalue weighted by molar-refractivity contribution is 0.253. The number of aryl methyl sites for hydroxylation is 2. The van der Waals surface area contributed by atoms with E-state index in [1.165, 1.54) is 19.3 Å². The van der Waals surface area contributed by atoms with E-state index in [1.807, 2.05) is 26.0 Å². The predicted molar refractivity (Wildman–Crippen MR) is 118 cm³/mol. The van der Waals surface area contributed by atoms with E-state index in [0.717, 1.165) is 21.7 Å². The summed E-state index contributed by atoms with van der Waals surface area (Å²) in [6.45, 7) is 3.98. The Kier molecular flexibility index (Phi) is 6.81. The molecular formula is C22H21ClFN5O2. The molecule has 9 heteroatoms. The van der Waals surface area contributed by atoms with Crippen LogP contribution in [0.2, 0.25) is 5.02 Å². The third-order valence-corrected chi connectivity index (χ3v) is 4.81. The number of amides is 2. The minimum absolute atomic E-state index is 0.143. The van der Waals surface area contributed by atoms with Crippen LogP contribution in [0.3, 0.4) is 0 Å². The Morgan fingerprint density at radius 3 is 2.61 bits per heavy atom. The molecule has 3 rings (SSSR count). The second-order valence-electron chi connectivity index (χ2n) is 6.80. The van der Waals surface area contributed by atoms with Gasteiger partial charge in [-0.15, -0.1) is 0 Å². The average molecular weight is 442 g/mol. The SMILES string of the molecule is CN=NN(C(N)=O)c1cc(Cl)ccc1COc1cc(C)c(-c2ccc(F)cn2)cc1C. The molecular weight excluding hydrogens is 421 g/mol. The molecule has 0 aliphatic carbocycles. The van der Waals surface area contributed by atoms with Crippen LogP contribution < -0.4 is 15.5 Å². The standard InChI is InChI=1S/C22H21ClFN5O2/c1-13-9-21(14(2)8-18(13)19-7-6-17(24)11-27-19)31-12-15-4-5-16(23)10-20(15)29(22(25)30)28-26-3/h4-11H,12H2,1-3H3,(H2,25,30). The molecule has 0 fully saturated rings. The number of benzene rings is 2. The second kappa shape index (κ2) is 9.53. The molecule has 0 unspecified atom stereocenters. The van der Waals surface area contributed by atoms with E-state index in [4.69, 9.17) is 22.1 Å². The van der Waals surface area contributed by atoms with Crippen LogP contribution in [0.5, 0.6) is 5.75 Å². The number of anilines is 1. The summed E-state index contributed by atoms with van der Waals surface area (Å²) in [7, 11) is 1.43. The maximum Gasteiger partial charge on any atom is 0.341 e. The zero-order valence-electron chi connectivity index (χ0n) is 17.3. The Morgan fingerprint density at radius 2 is 1.97 bits per heavy atom. The molecule has 2 aromatic carbocycles. The number of primary amides is 1. The highest BCUT2D eigenvalue weighted by Crippen LogP contribution is 2.31. The number of halogens is 2. The zero-order chi connectivity index (χ0) is 22.5. The van der Waals surface area contributed by atoms with Gasteiger partial charge in [-0.1, -0.05) is 22.9 Å². The third-order valence-electron chi connectivity index (χ3n) is 4.57. The monoisotopic (exact) mass is 441 g/mol. The molecule has 3 aromatic rings. The summed E-state index contributed by atoms with van der Waals surface area (Å²) in [5.41, 5.74) is 9.83. The van der Waals surface area contributed by atoms with Crippen LogP contribution in [-0.2, 0) is 6.61 Å². The van der Waals surface area contributed by atoms with E-state index in [-0.39, 0.29) is 12.4 Å². The van der Waals surface area contributed by atoms with Crippen molar-refractivity contribution in [2.24, 2.45) is 16.1 Å². The highest BCUT2D eigenvalue weighted by Gasteiger charge is 2.18. The van der Waals surface area contributed by atoms with Gasteiger partial charge in [0.05, 0.1) is 24.6 Å². The molecule has 160 valence electrons. The number of carbonyl (C=O) groups is 1. The average Bonchev–Trinajstić information content (AvgIpc) is 2.73. The van der Waals surface area contributed by atoms with Gasteiger partial charge in [-0.2, -0.15) is 10.1 Å². The molecule has 0 radical (unpaired) electrons. The fourth-order valence-corrected chi connectivity index (χ4v) is 3.23. The number of rotatable bonds is 6. The van der Waals surface area contributed by atoms with Crippen LogP contribution >= 0.6 is 11.6 Å². The molecule has 1 aromatic heterocycles. The molecule has 0 atom stereocenters. The largest absolute Gasteiger partial charge is 0.489 e. The van der Waals surface area contributed by atoms with Crippen LogP contribution in [0.15, 0.2) is 59.0 Å². The molecule has 0 bridgehead atoms. The van der Waals surface area contributed by atoms with Gasteiger partial charge in [-0.3, -0.25) is 4.98 Å². The number of aromatic nitrogens is 1. The van der Waals surface area contributed by atoms with Gasteiger partial charge < -0.3 is 10.5 Å². The van der Waals surface area contributed by atoms with Gasteiger partial charge in [0.1, 0.15) is 18.2 Å². The van der Waals surface area contributed by atoms with Gasteiger partial charge in [0.25, 0.3) is 0 Å². The van der Waals surface area contributed by atoms with Crippen molar-refractivity contribution in [1.82, 2.24) is 4.98 Å². The second-order valence-corrected chi connectivity index (χ2v) is 7.23. The number of hydrogen-bond donors (Lipinski definition) is 1. The lowest BCUT2D eigenvalue weighted by Crippen LogP contribution is -2.31. The summed E-state index contributed by atoms with van der Waals surface area (Å²) in [6.07, 6.45) is 1.19. The Hall–Kier alpha value is -3.52. The van der Waals surface area contributed by atoms with Crippen molar-refractivity contribution in [3.05, 3.63) is 76.2 Å². The molecule has 0 aliphatic heterocycles. The van der Waals surface area contributed by atoms with Crippen molar-refractivity contribution in [3.8, 4) is 17.0 Å². The first-order valence-corrected chi connectivity index (χ1v) is 9.71. The number of hydrogen-bond acceptors (Lipinski definition) is 5. The first kappa shape index (κ1) is 22.2. The van der Waals surface area contributed by atoms with Crippen LogP contribution in [-0.4, -0.2) is 18.1 Å². The molecule has 2 amide bonds. The van der Waals surface area contributed by atoms with Crippen LogP contribution in [0.4, 0.5) is 14.9 Å². The Balaban J connectivity index is 1.89. The molecule has 1 heterocycles. The number of nitrogens with zero attached hydrogens (tertiary/aromatic N) is 4. The lowest BCUT2D eigenvalue weighted by atomic mass is 10.0. The van der Waals surface area contributed by atoms with Crippen LogP contribution in [0.25, 0.3) is 11.3 Å². The van der Waals surface area contributed by atoms with Gasteiger partial charge in [0.15, 0.2) is 0 Å². The lowest BCUT2D eigenvalue weighted by Gasteiger charge is -2.19. The summed E-state index contributed by atoms with van der Waals surface area (Å²) in [5.74, 6) is 0.275. The number of ether oxygens (including phenoxy) is 1. The summed E-state index contributed by atoms with van der Waals surface area (Å²) < 4.78 is 19.2. The fourth-order valence-electron chi connectivity index (χ4n) is 3.07. The van der Waals surface area contributed by atoms with E-state index in [9.17, 15) is 9.18 Å². The summed E-state index contributed by atoms with van der Waals surface area (Å²) in [4.78, 5) is 16.0. The van der Waals surface area contributed by atoms with E-state index >= 15 is 0 Å².